The van der Waals surface area contributed by atoms with E-state index in [2.05, 4.69) is 20.4 Å². The molecule has 0 heteroatoms. The highest BCUT2D eigenvalue weighted by Crippen LogP contribution is 2.35. The third-order valence-corrected chi connectivity index (χ3v) is 3.72. The van der Waals surface area contributed by atoms with Crippen LogP contribution in [-0.2, 0) is 0 Å². The van der Waals surface area contributed by atoms with Crippen LogP contribution in [0.2, 0.25) is 0 Å². The molecule has 14 heavy (non-hydrogen) atoms. The summed E-state index contributed by atoms with van der Waals surface area (Å²) in [6.07, 6.45) is 11.4. The van der Waals surface area contributed by atoms with Crippen molar-refractivity contribution in [3.05, 3.63) is 12.2 Å². The average Bonchev–Trinajstić information content (AvgIpc) is 2.19. The lowest BCUT2D eigenvalue weighted by molar-refractivity contribution is 0.262. The summed E-state index contributed by atoms with van der Waals surface area (Å²) in [6, 6.07) is 0. The quantitative estimate of drug-likeness (QED) is 0.543. The highest BCUT2D eigenvalue weighted by molar-refractivity contribution is 4.99. The first-order valence-electron chi connectivity index (χ1n) is 6.41. The summed E-state index contributed by atoms with van der Waals surface area (Å²) in [5, 5.41) is 0. The van der Waals surface area contributed by atoms with Gasteiger partial charge in [0.05, 0.1) is 0 Å². The van der Waals surface area contributed by atoms with Crippen LogP contribution in [-0.4, -0.2) is 0 Å². The monoisotopic (exact) mass is 194 g/mol. The minimum absolute atomic E-state index is 0.829. The van der Waals surface area contributed by atoms with E-state index in [-0.39, 0.29) is 0 Å². The van der Waals surface area contributed by atoms with Gasteiger partial charge in [-0.05, 0) is 38.0 Å². The maximum Gasteiger partial charge on any atom is -0.0180 e. The zero-order chi connectivity index (χ0) is 10.4. The van der Waals surface area contributed by atoms with Crippen LogP contribution >= 0.6 is 0 Å². The van der Waals surface area contributed by atoms with E-state index >= 15 is 0 Å². The number of unbranched alkanes of at least 4 members (excludes halogenated alkanes) is 1. The summed E-state index contributed by atoms with van der Waals surface area (Å²) >= 11 is 0. The van der Waals surface area contributed by atoms with Crippen LogP contribution in [0.3, 0.4) is 0 Å². The molecule has 0 aromatic heterocycles. The molecule has 1 unspecified atom stereocenters. The van der Waals surface area contributed by atoms with Crippen LogP contribution in [0.4, 0.5) is 0 Å². The SMILES string of the molecule is C=C(C)C(CCCC)C1CCCCC1. The van der Waals surface area contributed by atoms with Crippen molar-refractivity contribution in [3.63, 3.8) is 0 Å². The number of hydrogen-bond acceptors (Lipinski definition) is 0. The Balaban J connectivity index is 2.43. The van der Waals surface area contributed by atoms with E-state index < -0.39 is 0 Å². The van der Waals surface area contributed by atoms with Gasteiger partial charge in [0.2, 0.25) is 0 Å². The van der Waals surface area contributed by atoms with E-state index in [0.29, 0.717) is 0 Å². The van der Waals surface area contributed by atoms with E-state index in [0.717, 1.165) is 11.8 Å². The predicted molar refractivity (Wildman–Crippen MR) is 64.4 cm³/mol. The van der Waals surface area contributed by atoms with Gasteiger partial charge in [0.25, 0.3) is 0 Å². The lowest BCUT2D eigenvalue weighted by Crippen LogP contribution is -2.18. The second-order valence-corrected chi connectivity index (χ2v) is 4.99. The van der Waals surface area contributed by atoms with E-state index in [1.54, 1.807) is 0 Å². The first kappa shape index (κ1) is 11.8. The van der Waals surface area contributed by atoms with Crippen molar-refractivity contribution in [3.8, 4) is 0 Å². The van der Waals surface area contributed by atoms with E-state index in [9.17, 15) is 0 Å². The Bertz CT molecular complexity index is 163. The Kier molecular flexibility index (Phi) is 5.29. The minimum atomic E-state index is 0.829. The van der Waals surface area contributed by atoms with Gasteiger partial charge in [0, 0.05) is 0 Å². The Labute approximate surface area is 89.8 Å². The lowest BCUT2D eigenvalue weighted by Gasteiger charge is -2.30. The van der Waals surface area contributed by atoms with Crippen LogP contribution in [0.5, 0.6) is 0 Å². The molecule has 0 aromatic carbocycles. The first-order chi connectivity index (χ1) is 6.75. The predicted octanol–water partition coefficient (Wildman–Crippen LogP) is 4.95. The highest BCUT2D eigenvalue weighted by Gasteiger charge is 2.23. The summed E-state index contributed by atoms with van der Waals surface area (Å²) < 4.78 is 0. The molecule has 0 nitrogen and oxygen atoms in total. The summed E-state index contributed by atoms with van der Waals surface area (Å²) in [5.41, 5.74) is 1.44. The van der Waals surface area contributed by atoms with E-state index in [1.165, 1.54) is 56.9 Å². The molecule has 1 aliphatic carbocycles. The van der Waals surface area contributed by atoms with Crippen molar-refractivity contribution in [2.45, 2.75) is 65.2 Å². The Morgan fingerprint density at radius 3 is 2.43 bits per heavy atom. The van der Waals surface area contributed by atoms with Gasteiger partial charge in [-0.3, -0.25) is 0 Å². The third kappa shape index (κ3) is 3.48. The molecule has 1 saturated carbocycles. The molecule has 0 bridgehead atoms. The molecule has 0 aromatic rings. The smallest absolute Gasteiger partial charge is 0.0180 e. The van der Waals surface area contributed by atoms with Gasteiger partial charge in [0.15, 0.2) is 0 Å². The van der Waals surface area contributed by atoms with Crippen molar-refractivity contribution in [1.29, 1.82) is 0 Å². The first-order valence-corrected chi connectivity index (χ1v) is 6.41. The van der Waals surface area contributed by atoms with Crippen LogP contribution < -0.4 is 0 Å². The maximum atomic E-state index is 4.18. The molecule has 0 saturated heterocycles. The standard InChI is InChI=1S/C14H26/c1-4-5-11-14(12(2)3)13-9-7-6-8-10-13/h13-14H,2,4-11H2,1,3H3. The number of hydrogen-bond donors (Lipinski definition) is 0. The largest absolute Gasteiger partial charge is 0.0999 e. The molecule has 1 fully saturated rings. The summed E-state index contributed by atoms with van der Waals surface area (Å²) in [7, 11) is 0. The molecule has 1 rings (SSSR count). The van der Waals surface area contributed by atoms with Gasteiger partial charge in [-0.25, -0.2) is 0 Å². The topological polar surface area (TPSA) is 0 Å². The van der Waals surface area contributed by atoms with Gasteiger partial charge in [0.1, 0.15) is 0 Å². The summed E-state index contributed by atoms with van der Waals surface area (Å²) in [4.78, 5) is 0. The van der Waals surface area contributed by atoms with Gasteiger partial charge >= 0.3 is 0 Å². The van der Waals surface area contributed by atoms with Crippen molar-refractivity contribution in [2.24, 2.45) is 11.8 Å². The fourth-order valence-electron chi connectivity index (χ4n) is 2.85. The summed E-state index contributed by atoms with van der Waals surface area (Å²) in [6.45, 7) is 8.70. The highest BCUT2D eigenvalue weighted by atomic mass is 14.3. The molecule has 1 atom stereocenters. The molecule has 0 N–H and O–H groups in total. The number of allylic oxidation sites excluding steroid dienone is 1. The molecule has 1 aliphatic rings. The van der Waals surface area contributed by atoms with Crippen LogP contribution in [0.1, 0.15) is 65.2 Å². The number of rotatable bonds is 5. The molecule has 0 spiro atoms. The van der Waals surface area contributed by atoms with E-state index in [1.807, 2.05) is 0 Å². The zero-order valence-corrected chi connectivity index (χ0v) is 10.0. The normalized spacial score (nSPS) is 20.7. The Morgan fingerprint density at radius 1 is 1.29 bits per heavy atom. The molecular formula is C14H26. The molecule has 82 valence electrons. The second-order valence-electron chi connectivity index (χ2n) is 4.99. The summed E-state index contributed by atoms with van der Waals surface area (Å²) in [5.74, 6) is 1.79. The van der Waals surface area contributed by atoms with Crippen molar-refractivity contribution in [2.75, 3.05) is 0 Å². The second kappa shape index (κ2) is 6.27. The molecule has 0 heterocycles. The third-order valence-electron chi connectivity index (χ3n) is 3.72. The van der Waals surface area contributed by atoms with Crippen molar-refractivity contribution < 1.29 is 0 Å². The minimum Gasteiger partial charge on any atom is -0.0999 e. The molecule has 0 amide bonds. The molecular weight excluding hydrogens is 168 g/mol. The van der Waals surface area contributed by atoms with Crippen molar-refractivity contribution in [1.82, 2.24) is 0 Å². The molecule has 0 aliphatic heterocycles. The Hall–Kier alpha value is -0.260. The fraction of sp³-hybridized carbons (Fsp3) is 0.857. The van der Waals surface area contributed by atoms with Crippen LogP contribution in [0.25, 0.3) is 0 Å². The maximum absolute atomic E-state index is 4.18. The van der Waals surface area contributed by atoms with Gasteiger partial charge in [-0.2, -0.15) is 0 Å². The van der Waals surface area contributed by atoms with Gasteiger partial charge < -0.3 is 0 Å². The Morgan fingerprint density at radius 2 is 1.93 bits per heavy atom. The van der Waals surface area contributed by atoms with E-state index in [4.69, 9.17) is 0 Å². The molecule has 0 radical (unpaired) electrons. The lowest BCUT2D eigenvalue weighted by atomic mass is 9.75. The van der Waals surface area contributed by atoms with Crippen LogP contribution in [0, 0.1) is 11.8 Å². The van der Waals surface area contributed by atoms with Gasteiger partial charge in [-0.15, -0.1) is 0 Å². The fourth-order valence-corrected chi connectivity index (χ4v) is 2.85. The van der Waals surface area contributed by atoms with Gasteiger partial charge in [-0.1, -0.05) is 51.2 Å². The average molecular weight is 194 g/mol. The van der Waals surface area contributed by atoms with Crippen molar-refractivity contribution >= 4 is 0 Å². The van der Waals surface area contributed by atoms with Crippen LogP contribution in [0.15, 0.2) is 12.2 Å². The zero-order valence-electron chi connectivity index (χ0n) is 10.0.